The number of carbonyl (C=O) groups is 2. The lowest BCUT2D eigenvalue weighted by Crippen LogP contribution is -2.31. The second-order valence-electron chi connectivity index (χ2n) is 5.95. The molecule has 1 atom stereocenters. The van der Waals surface area contributed by atoms with Crippen LogP contribution in [0.5, 0.6) is 0 Å². The van der Waals surface area contributed by atoms with Crippen molar-refractivity contribution >= 4 is 11.9 Å². The number of carboxylic acid groups (broad SMARTS) is 1. The Balaban J connectivity index is 1.77. The number of carboxylic acids is 1. The Kier molecular flexibility index (Phi) is 7.25. The van der Waals surface area contributed by atoms with Crippen molar-refractivity contribution in [1.82, 2.24) is 15.5 Å². The zero-order valence-corrected chi connectivity index (χ0v) is 14.6. The first-order valence-corrected chi connectivity index (χ1v) is 8.56. The van der Waals surface area contributed by atoms with E-state index in [-0.39, 0.29) is 18.9 Å². The van der Waals surface area contributed by atoms with Gasteiger partial charge in [-0.05, 0) is 30.5 Å². The van der Waals surface area contributed by atoms with E-state index >= 15 is 0 Å². The monoisotopic (exact) mass is 363 g/mol. The van der Waals surface area contributed by atoms with Crippen LogP contribution in [0.3, 0.4) is 0 Å². The molecule has 1 aromatic heterocycles. The molecule has 1 amide bonds. The number of nitrogens with one attached hydrogen (secondary N) is 1. The summed E-state index contributed by atoms with van der Waals surface area (Å²) in [7, 11) is 0. The molecule has 0 aliphatic carbocycles. The first-order chi connectivity index (χ1) is 12.5. The Morgan fingerprint density at radius 1 is 1.27 bits per heavy atom. The first-order valence-electron chi connectivity index (χ1n) is 8.56. The van der Waals surface area contributed by atoms with Crippen molar-refractivity contribution in [2.75, 3.05) is 6.54 Å². The van der Waals surface area contributed by atoms with E-state index in [1.54, 1.807) is 0 Å². The maximum atomic E-state index is 13.0. The Morgan fingerprint density at radius 2 is 2.00 bits per heavy atom. The lowest BCUT2D eigenvalue weighted by Gasteiger charge is -2.13. The second-order valence-corrected chi connectivity index (χ2v) is 5.95. The number of carbonyl (C=O) groups excluding carboxylic acids is 1. The molecule has 7 nitrogen and oxygen atoms in total. The van der Waals surface area contributed by atoms with Crippen molar-refractivity contribution in [1.29, 1.82) is 0 Å². The summed E-state index contributed by atoms with van der Waals surface area (Å²) in [5.74, 6) is -1.54. The molecule has 1 heterocycles. The van der Waals surface area contributed by atoms with Crippen molar-refractivity contribution in [3.05, 3.63) is 47.4 Å². The first kappa shape index (κ1) is 19.6. The Hall–Kier alpha value is -2.77. The van der Waals surface area contributed by atoms with Gasteiger partial charge in [-0.1, -0.05) is 24.2 Å². The number of aromatic nitrogens is 2. The van der Waals surface area contributed by atoms with E-state index in [4.69, 9.17) is 4.52 Å². The van der Waals surface area contributed by atoms with Crippen molar-refractivity contribution in [3.63, 3.8) is 0 Å². The molecule has 2 aromatic rings. The molecule has 140 valence electrons. The summed E-state index contributed by atoms with van der Waals surface area (Å²) in [4.78, 5) is 27.5. The summed E-state index contributed by atoms with van der Waals surface area (Å²) < 4.78 is 18.0. The average molecular weight is 363 g/mol. The van der Waals surface area contributed by atoms with Crippen LogP contribution in [0.15, 0.2) is 28.8 Å². The van der Waals surface area contributed by atoms with Crippen LogP contribution >= 0.6 is 0 Å². The van der Waals surface area contributed by atoms with E-state index in [0.29, 0.717) is 30.1 Å². The number of amides is 1. The number of hydrogen-bond donors (Lipinski definition) is 2. The van der Waals surface area contributed by atoms with Crippen LogP contribution in [0.4, 0.5) is 4.39 Å². The van der Waals surface area contributed by atoms with Gasteiger partial charge in [-0.25, -0.2) is 4.39 Å². The van der Waals surface area contributed by atoms with E-state index in [2.05, 4.69) is 15.5 Å². The van der Waals surface area contributed by atoms with Crippen LogP contribution in [0, 0.1) is 5.82 Å². The molecule has 2 N–H and O–H groups in total. The van der Waals surface area contributed by atoms with Crippen LogP contribution in [-0.2, 0) is 22.4 Å². The number of aryl methyl sites for hydroxylation is 2. The van der Waals surface area contributed by atoms with E-state index in [1.165, 1.54) is 24.3 Å². The lowest BCUT2D eigenvalue weighted by molar-refractivity contribution is -0.138. The third-order valence-corrected chi connectivity index (χ3v) is 3.85. The zero-order valence-electron chi connectivity index (χ0n) is 14.6. The highest BCUT2D eigenvalue weighted by Crippen LogP contribution is 2.16. The van der Waals surface area contributed by atoms with Gasteiger partial charge in [-0.2, -0.15) is 4.98 Å². The van der Waals surface area contributed by atoms with Crippen LogP contribution in [-0.4, -0.2) is 33.7 Å². The Bertz CT molecular complexity index is 730. The SMILES string of the molecule is CCCc1noc(CCCC(=O)NCC(C(=O)O)c2ccc(F)cc2)n1. The Labute approximate surface area is 150 Å². The highest BCUT2D eigenvalue weighted by atomic mass is 19.1. The fourth-order valence-electron chi connectivity index (χ4n) is 2.46. The van der Waals surface area contributed by atoms with Crippen LogP contribution in [0.25, 0.3) is 0 Å². The fourth-order valence-corrected chi connectivity index (χ4v) is 2.46. The van der Waals surface area contributed by atoms with Gasteiger partial charge in [0.05, 0.1) is 5.92 Å². The molecular formula is C18H22FN3O4. The maximum absolute atomic E-state index is 13.0. The molecule has 2 rings (SSSR count). The number of halogens is 1. The lowest BCUT2D eigenvalue weighted by atomic mass is 9.99. The normalized spacial score (nSPS) is 11.9. The second kappa shape index (κ2) is 9.65. The van der Waals surface area contributed by atoms with Crippen molar-refractivity contribution < 1.29 is 23.6 Å². The Morgan fingerprint density at radius 3 is 2.65 bits per heavy atom. The van der Waals surface area contributed by atoms with Gasteiger partial charge in [0.2, 0.25) is 11.8 Å². The summed E-state index contributed by atoms with van der Waals surface area (Å²) >= 11 is 0. The molecule has 8 heteroatoms. The fraction of sp³-hybridized carbons (Fsp3) is 0.444. The molecular weight excluding hydrogens is 341 g/mol. The molecule has 1 aromatic carbocycles. The molecule has 26 heavy (non-hydrogen) atoms. The topological polar surface area (TPSA) is 105 Å². The molecule has 0 radical (unpaired) electrons. The number of benzene rings is 1. The van der Waals surface area contributed by atoms with Gasteiger partial charge in [0.25, 0.3) is 0 Å². The number of hydrogen-bond acceptors (Lipinski definition) is 5. The molecule has 0 spiro atoms. The van der Waals surface area contributed by atoms with E-state index < -0.39 is 17.7 Å². The molecule has 0 aliphatic heterocycles. The van der Waals surface area contributed by atoms with Gasteiger partial charge in [-0.3, -0.25) is 9.59 Å². The number of rotatable bonds is 10. The van der Waals surface area contributed by atoms with E-state index in [0.717, 1.165) is 12.8 Å². The summed E-state index contributed by atoms with van der Waals surface area (Å²) in [5.41, 5.74) is 0.438. The predicted octanol–water partition coefficient (Wildman–Crippen LogP) is 2.47. The molecule has 0 bridgehead atoms. The van der Waals surface area contributed by atoms with Gasteiger partial charge in [0.15, 0.2) is 5.82 Å². The number of aliphatic carboxylic acids is 1. The minimum Gasteiger partial charge on any atom is -0.481 e. The largest absolute Gasteiger partial charge is 0.481 e. The van der Waals surface area contributed by atoms with Crippen LogP contribution < -0.4 is 5.32 Å². The molecule has 0 aliphatic rings. The zero-order chi connectivity index (χ0) is 18.9. The van der Waals surface area contributed by atoms with Gasteiger partial charge >= 0.3 is 5.97 Å². The third kappa shape index (κ3) is 5.94. The van der Waals surface area contributed by atoms with Crippen molar-refractivity contribution in [3.8, 4) is 0 Å². The smallest absolute Gasteiger partial charge is 0.312 e. The summed E-state index contributed by atoms with van der Waals surface area (Å²) in [6.07, 6.45) is 2.92. The predicted molar refractivity (Wildman–Crippen MR) is 91.0 cm³/mol. The summed E-state index contributed by atoms with van der Waals surface area (Å²) in [6, 6.07) is 5.21. The quantitative estimate of drug-likeness (QED) is 0.672. The molecule has 1 unspecified atom stereocenters. The minimum atomic E-state index is -1.08. The van der Waals surface area contributed by atoms with Crippen molar-refractivity contribution in [2.24, 2.45) is 0 Å². The van der Waals surface area contributed by atoms with Gasteiger partial charge in [0, 0.05) is 25.8 Å². The van der Waals surface area contributed by atoms with Gasteiger partial charge < -0.3 is 14.9 Å². The van der Waals surface area contributed by atoms with E-state index in [9.17, 15) is 19.1 Å². The van der Waals surface area contributed by atoms with Gasteiger partial charge in [0.1, 0.15) is 5.82 Å². The highest BCUT2D eigenvalue weighted by Gasteiger charge is 2.20. The molecule has 0 saturated heterocycles. The summed E-state index contributed by atoms with van der Waals surface area (Å²) in [5, 5.41) is 15.8. The molecule has 0 fully saturated rings. The van der Waals surface area contributed by atoms with Gasteiger partial charge in [-0.15, -0.1) is 0 Å². The number of nitrogens with zero attached hydrogens (tertiary/aromatic N) is 2. The molecule has 0 saturated carbocycles. The van der Waals surface area contributed by atoms with Crippen LogP contribution in [0.1, 0.15) is 49.4 Å². The highest BCUT2D eigenvalue weighted by molar-refractivity contribution is 5.79. The maximum Gasteiger partial charge on any atom is 0.312 e. The standard InChI is InChI=1S/C18H22FN3O4/c1-2-4-15-21-17(26-22-15)6-3-5-16(23)20-11-14(18(24)25)12-7-9-13(19)10-8-12/h7-10,14H,2-6,11H2,1H3,(H,20,23)(H,24,25). The summed E-state index contributed by atoms with van der Waals surface area (Å²) in [6.45, 7) is 1.97. The van der Waals surface area contributed by atoms with Crippen molar-refractivity contribution in [2.45, 2.75) is 44.9 Å². The third-order valence-electron chi connectivity index (χ3n) is 3.85. The average Bonchev–Trinajstić information content (AvgIpc) is 3.04. The van der Waals surface area contributed by atoms with E-state index in [1.807, 2.05) is 6.92 Å². The van der Waals surface area contributed by atoms with Crippen LogP contribution in [0.2, 0.25) is 0 Å². The minimum absolute atomic E-state index is 0.0546.